The van der Waals surface area contributed by atoms with Crippen LogP contribution in [0.15, 0.2) is 6.20 Å². The van der Waals surface area contributed by atoms with Gasteiger partial charge >= 0.3 is 0 Å². The summed E-state index contributed by atoms with van der Waals surface area (Å²) in [5.41, 5.74) is 0. The summed E-state index contributed by atoms with van der Waals surface area (Å²) in [5.74, 6) is 0.776. The molecule has 0 saturated carbocycles. The van der Waals surface area contributed by atoms with E-state index < -0.39 is 0 Å². The van der Waals surface area contributed by atoms with E-state index in [-0.39, 0.29) is 5.28 Å². The topological polar surface area (TPSA) is 32.3 Å². The molecule has 2 bridgehead atoms. The van der Waals surface area contributed by atoms with Crippen molar-refractivity contribution < 1.29 is 0 Å². The lowest BCUT2D eigenvalue weighted by atomic mass is 10.1. The number of nitrogens with zero attached hydrogens (tertiary/aromatic N) is 4. The molecule has 3 heterocycles. The van der Waals surface area contributed by atoms with E-state index in [9.17, 15) is 0 Å². The average Bonchev–Trinajstić information content (AvgIpc) is 2.57. The molecule has 98 valence electrons. The number of anilines is 1. The van der Waals surface area contributed by atoms with Crippen LogP contribution >= 0.6 is 23.2 Å². The van der Waals surface area contributed by atoms with E-state index in [4.69, 9.17) is 23.2 Å². The van der Waals surface area contributed by atoms with Gasteiger partial charge in [0.2, 0.25) is 5.28 Å². The third-order valence-electron chi connectivity index (χ3n) is 4.14. The molecule has 3 rings (SSSR count). The van der Waals surface area contributed by atoms with Crippen LogP contribution in [0.5, 0.6) is 0 Å². The van der Waals surface area contributed by atoms with Gasteiger partial charge < -0.3 is 4.90 Å². The van der Waals surface area contributed by atoms with E-state index in [0.29, 0.717) is 17.1 Å². The molecule has 2 unspecified atom stereocenters. The predicted octanol–water partition coefficient (Wildman–Crippen LogP) is 2.46. The zero-order valence-corrected chi connectivity index (χ0v) is 11.8. The van der Waals surface area contributed by atoms with Gasteiger partial charge in [-0.1, -0.05) is 11.6 Å². The molecular weight excluding hydrogens is 271 g/mol. The minimum Gasteiger partial charge on any atom is -0.354 e. The molecule has 2 atom stereocenters. The highest BCUT2D eigenvalue weighted by atomic mass is 35.5. The fourth-order valence-electron chi connectivity index (χ4n) is 3.06. The predicted molar refractivity (Wildman–Crippen MR) is 73.5 cm³/mol. The highest BCUT2D eigenvalue weighted by Crippen LogP contribution is 2.32. The highest BCUT2D eigenvalue weighted by Gasteiger charge is 2.35. The van der Waals surface area contributed by atoms with Crippen molar-refractivity contribution in [1.29, 1.82) is 0 Å². The molecule has 6 heteroatoms. The van der Waals surface area contributed by atoms with Crippen LogP contribution in [0, 0.1) is 0 Å². The monoisotopic (exact) mass is 286 g/mol. The molecule has 0 amide bonds. The average molecular weight is 287 g/mol. The van der Waals surface area contributed by atoms with E-state index >= 15 is 0 Å². The van der Waals surface area contributed by atoms with E-state index in [2.05, 4.69) is 26.8 Å². The van der Waals surface area contributed by atoms with E-state index in [1.54, 1.807) is 6.20 Å². The Morgan fingerprint density at radius 2 is 2.00 bits per heavy atom. The van der Waals surface area contributed by atoms with Crippen molar-refractivity contribution in [3.8, 4) is 0 Å². The molecule has 2 aliphatic heterocycles. The van der Waals surface area contributed by atoms with Crippen molar-refractivity contribution in [2.24, 2.45) is 0 Å². The molecule has 0 N–H and O–H groups in total. The Kier molecular flexibility index (Phi) is 3.34. The summed E-state index contributed by atoms with van der Waals surface area (Å²) in [6, 6.07) is 1.30. The van der Waals surface area contributed by atoms with Gasteiger partial charge in [-0.2, -0.15) is 4.98 Å². The summed E-state index contributed by atoms with van der Waals surface area (Å²) in [7, 11) is 2.22. The van der Waals surface area contributed by atoms with Gasteiger partial charge in [0.25, 0.3) is 0 Å². The third-order valence-corrected chi connectivity index (χ3v) is 4.59. The van der Waals surface area contributed by atoms with E-state index in [1.807, 2.05) is 0 Å². The molecule has 0 radical (unpaired) electrons. The Hall–Kier alpha value is -0.580. The van der Waals surface area contributed by atoms with Crippen LogP contribution in [0.1, 0.15) is 19.3 Å². The summed E-state index contributed by atoms with van der Waals surface area (Å²) < 4.78 is 0. The summed E-state index contributed by atoms with van der Waals surface area (Å²) in [4.78, 5) is 12.9. The maximum Gasteiger partial charge on any atom is 0.224 e. The Balaban J connectivity index is 1.87. The maximum absolute atomic E-state index is 6.18. The van der Waals surface area contributed by atoms with Gasteiger partial charge in [-0.25, -0.2) is 4.98 Å². The molecule has 0 spiro atoms. The van der Waals surface area contributed by atoms with Gasteiger partial charge in [-0.05, 0) is 37.9 Å². The highest BCUT2D eigenvalue weighted by molar-refractivity contribution is 6.33. The lowest BCUT2D eigenvalue weighted by Crippen LogP contribution is -2.37. The fraction of sp³-hybridized carbons (Fsp3) is 0.667. The second kappa shape index (κ2) is 4.83. The van der Waals surface area contributed by atoms with Crippen LogP contribution in [0.3, 0.4) is 0 Å². The molecule has 1 aromatic rings. The van der Waals surface area contributed by atoms with Gasteiger partial charge in [-0.15, -0.1) is 0 Å². The Bertz CT molecular complexity index is 454. The second-order valence-electron chi connectivity index (χ2n) is 5.10. The van der Waals surface area contributed by atoms with Crippen molar-refractivity contribution in [1.82, 2.24) is 14.9 Å². The quantitative estimate of drug-likeness (QED) is 0.743. The van der Waals surface area contributed by atoms with Crippen LogP contribution < -0.4 is 4.90 Å². The van der Waals surface area contributed by atoms with Crippen molar-refractivity contribution >= 4 is 29.0 Å². The molecular formula is C12H16Cl2N4. The lowest BCUT2D eigenvalue weighted by Gasteiger charge is -2.27. The number of rotatable bonds is 1. The standard InChI is InChI=1S/C12H16Cl2N4/c1-17-8-2-3-9(17)7-18(5-4-8)11-10(13)6-15-12(14)16-11/h6,8-9H,2-5,7H2,1H3. The third kappa shape index (κ3) is 2.17. The van der Waals surface area contributed by atoms with Gasteiger partial charge in [0, 0.05) is 25.2 Å². The van der Waals surface area contributed by atoms with Crippen molar-refractivity contribution in [3.05, 3.63) is 16.5 Å². The molecule has 2 saturated heterocycles. The summed E-state index contributed by atoms with van der Waals surface area (Å²) in [6.07, 6.45) is 5.31. The van der Waals surface area contributed by atoms with E-state index in [1.165, 1.54) is 12.8 Å². The number of likely N-dealkylation sites (N-methyl/N-ethyl adjacent to an activating group) is 1. The zero-order valence-electron chi connectivity index (χ0n) is 10.3. The number of halogens is 2. The minimum absolute atomic E-state index is 0.261. The molecule has 4 nitrogen and oxygen atoms in total. The van der Waals surface area contributed by atoms with Crippen LogP contribution in [0.25, 0.3) is 0 Å². The Morgan fingerprint density at radius 1 is 1.22 bits per heavy atom. The smallest absolute Gasteiger partial charge is 0.224 e. The largest absolute Gasteiger partial charge is 0.354 e. The molecule has 0 aliphatic carbocycles. The first-order valence-corrected chi connectivity index (χ1v) is 7.05. The van der Waals surface area contributed by atoms with Crippen LogP contribution in [0.4, 0.5) is 5.82 Å². The van der Waals surface area contributed by atoms with Crippen molar-refractivity contribution in [3.63, 3.8) is 0 Å². The molecule has 2 fully saturated rings. The van der Waals surface area contributed by atoms with Gasteiger partial charge in [0.05, 0.1) is 6.20 Å². The van der Waals surface area contributed by atoms with E-state index in [0.717, 1.165) is 25.3 Å². The van der Waals surface area contributed by atoms with Gasteiger partial charge in [-0.3, -0.25) is 4.90 Å². The lowest BCUT2D eigenvalue weighted by molar-refractivity contribution is 0.254. The van der Waals surface area contributed by atoms with Crippen LogP contribution in [0.2, 0.25) is 10.3 Å². The number of aromatic nitrogens is 2. The van der Waals surface area contributed by atoms with Crippen LogP contribution in [-0.4, -0.2) is 47.1 Å². The first-order chi connectivity index (χ1) is 8.65. The molecule has 18 heavy (non-hydrogen) atoms. The molecule has 1 aromatic heterocycles. The van der Waals surface area contributed by atoms with Crippen LogP contribution in [-0.2, 0) is 0 Å². The Morgan fingerprint density at radius 3 is 2.83 bits per heavy atom. The normalized spacial score (nSPS) is 28.5. The van der Waals surface area contributed by atoms with Gasteiger partial charge in [0.15, 0.2) is 5.82 Å². The summed E-state index contributed by atoms with van der Waals surface area (Å²) >= 11 is 12.0. The van der Waals surface area contributed by atoms with Crippen molar-refractivity contribution in [2.45, 2.75) is 31.3 Å². The maximum atomic E-state index is 6.18. The zero-order chi connectivity index (χ0) is 12.7. The second-order valence-corrected chi connectivity index (χ2v) is 5.84. The number of fused-ring (bicyclic) bond motifs is 2. The fourth-order valence-corrected chi connectivity index (χ4v) is 3.40. The SMILES string of the molecule is CN1C2CCC1CN(c1nc(Cl)ncc1Cl)CC2. The number of hydrogen-bond acceptors (Lipinski definition) is 4. The van der Waals surface area contributed by atoms with Gasteiger partial charge in [0.1, 0.15) is 5.02 Å². The minimum atomic E-state index is 0.261. The number of hydrogen-bond donors (Lipinski definition) is 0. The molecule has 2 aliphatic rings. The molecule has 0 aromatic carbocycles. The summed E-state index contributed by atoms with van der Waals surface area (Å²) in [6.45, 7) is 1.96. The summed E-state index contributed by atoms with van der Waals surface area (Å²) in [5, 5.41) is 0.844. The first-order valence-electron chi connectivity index (χ1n) is 6.30. The Labute approximate surface area is 117 Å². The first kappa shape index (κ1) is 12.5. The van der Waals surface area contributed by atoms with Crippen molar-refractivity contribution in [2.75, 3.05) is 25.0 Å².